The van der Waals surface area contributed by atoms with Gasteiger partial charge in [-0.25, -0.2) is 0 Å². The van der Waals surface area contributed by atoms with Crippen LogP contribution in [0, 0.1) is 5.92 Å². The second-order valence-corrected chi connectivity index (χ2v) is 5.58. The van der Waals surface area contributed by atoms with E-state index in [1.54, 1.807) is 12.1 Å². The molecule has 0 aliphatic carbocycles. The Bertz CT molecular complexity index is 399. The van der Waals surface area contributed by atoms with E-state index in [2.05, 4.69) is 19.2 Å². The lowest BCUT2D eigenvalue weighted by Crippen LogP contribution is -2.28. The van der Waals surface area contributed by atoms with Gasteiger partial charge < -0.3 is 15.8 Å². The van der Waals surface area contributed by atoms with Crippen molar-refractivity contribution in [2.24, 2.45) is 11.7 Å². The van der Waals surface area contributed by atoms with E-state index in [-0.39, 0.29) is 11.9 Å². The molecular formula is C16H26N2O2. The number of hydrogen-bond acceptors (Lipinski definition) is 3. The van der Waals surface area contributed by atoms with E-state index < -0.39 is 0 Å². The topological polar surface area (TPSA) is 64.3 Å². The number of hydrogen-bond donors (Lipinski definition) is 2. The second kappa shape index (κ2) is 8.59. The molecular weight excluding hydrogens is 252 g/mol. The van der Waals surface area contributed by atoms with Crippen LogP contribution in [0.3, 0.4) is 0 Å². The Kier molecular flexibility index (Phi) is 7.09. The highest BCUT2D eigenvalue weighted by atomic mass is 16.5. The standard InChI is InChI=1S/C16H26N2O2/c1-12(2)9-11-20-15-6-4-14(5-7-15)16(19)18-10-8-13(3)17/h4-7,12-13H,8-11,17H2,1-3H3,(H,18,19). The minimum absolute atomic E-state index is 0.0700. The molecule has 0 aliphatic heterocycles. The summed E-state index contributed by atoms with van der Waals surface area (Å²) in [4.78, 5) is 11.8. The van der Waals surface area contributed by atoms with E-state index in [1.807, 2.05) is 19.1 Å². The fraction of sp³-hybridized carbons (Fsp3) is 0.562. The maximum atomic E-state index is 11.8. The lowest BCUT2D eigenvalue weighted by Gasteiger charge is -2.09. The first-order chi connectivity index (χ1) is 9.49. The zero-order valence-electron chi connectivity index (χ0n) is 12.7. The van der Waals surface area contributed by atoms with Crippen LogP contribution < -0.4 is 15.8 Å². The SMILES string of the molecule is CC(C)CCOc1ccc(C(=O)NCCC(C)N)cc1. The Morgan fingerprint density at radius 2 is 1.85 bits per heavy atom. The largest absolute Gasteiger partial charge is 0.494 e. The van der Waals surface area contributed by atoms with Gasteiger partial charge in [-0.2, -0.15) is 0 Å². The van der Waals surface area contributed by atoms with E-state index in [1.165, 1.54) is 0 Å². The predicted octanol–water partition coefficient (Wildman–Crippen LogP) is 2.58. The van der Waals surface area contributed by atoms with Crippen LogP contribution in [-0.2, 0) is 0 Å². The molecule has 1 aromatic rings. The van der Waals surface area contributed by atoms with Crippen molar-refractivity contribution >= 4 is 5.91 Å². The molecule has 1 unspecified atom stereocenters. The third kappa shape index (κ3) is 6.57. The van der Waals surface area contributed by atoms with Gasteiger partial charge in [0.1, 0.15) is 5.75 Å². The van der Waals surface area contributed by atoms with Gasteiger partial charge in [0.15, 0.2) is 0 Å². The van der Waals surface area contributed by atoms with Crippen molar-refractivity contribution in [2.45, 2.75) is 39.7 Å². The zero-order valence-corrected chi connectivity index (χ0v) is 12.7. The lowest BCUT2D eigenvalue weighted by atomic mass is 10.1. The van der Waals surface area contributed by atoms with Crippen LogP contribution in [-0.4, -0.2) is 25.1 Å². The van der Waals surface area contributed by atoms with Gasteiger partial charge >= 0.3 is 0 Å². The van der Waals surface area contributed by atoms with E-state index in [0.29, 0.717) is 24.6 Å². The quantitative estimate of drug-likeness (QED) is 0.768. The summed E-state index contributed by atoms with van der Waals surface area (Å²) < 4.78 is 5.62. The van der Waals surface area contributed by atoms with Gasteiger partial charge in [0.2, 0.25) is 0 Å². The first-order valence-electron chi connectivity index (χ1n) is 7.25. The van der Waals surface area contributed by atoms with Crippen molar-refractivity contribution in [3.8, 4) is 5.75 Å². The molecule has 4 nitrogen and oxygen atoms in total. The molecule has 20 heavy (non-hydrogen) atoms. The van der Waals surface area contributed by atoms with Crippen LogP contribution in [0.4, 0.5) is 0 Å². The minimum atomic E-state index is -0.0700. The fourth-order valence-electron chi connectivity index (χ4n) is 1.63. The Morgan fingerprint density at radius 3 is 2.40 bits per heavy atom. The first kappa shape index (κ1) is 16.5. The maximum Gasteiger partial charge on any atom is 0.251 e. The lowest BCUT2D eigenvalue weighted by molar-refractivity contribution is 0.0953. The summed E-state index contributed by atoms with van der Waals surface area (Å²) in [6.45, 7) is 7.56. The molecule has 3 N–H and O–H groups in total. The highest BCUT2D eigenvalue weighted by molar-refractivity contribution is 5.94. The highest BCUT2D eigenvalue weighted by Gasteiger charge is 2.05. The molecule has 1 amide bonds. The first-order valence-corrected chi connectivity index (χ1v) is 7.25. The molecule has 0 bridgehead atoms. The van der Waals surface area contributed by atoms with Crippen LogP contribution in [0.15, 0.2) is 24.3 Å². The average molecular weight is 278 g/mol. The molecule has 1 rings (SSSR count). The van der Waals surface area contributed by atoms with E-state index in [9.17, 15) is 4.79 Å². The van der Waals surface area contributed by atoms with Gasteiger partial charge in [0.05, 0.1) is 6.61 Å². The van der Waals surface area contributed by atoms with Crippen LogP contribution >= 0.6 is 0 Å². The van der Waals surface area contributed by atoms with E-state index >= 15 is 0 Å². The fourth-order valence-corrected chi connectivity index (χ4v) is 1.63. The Hall–Kier alpha value is -1.55. The van der Waals surface area contributed by atoms with Crippen LogP contribution in [0.2, 0.25) is 0 Å². The number of carbonyl (C=O) groups is 1. The van der Waals surface area contributed by atoms with Gasteiger partial charge in [-0.05, 0) is 49.9 Å². The summed E-state index contributed by atoms with van der Waals surface area (Å²) in [6.07, 6.45) is 1.81. The third-order valence-corrected chi connectivity index (χ3v) is 2.97. The van der Waals surface area contributed by atoms with Crippen molar-refractivity contribution in [2.75, 3.05) is 13.2 Å². The summed E-state index contributed by atoms with van der Waals surface area (Å²) in [7, 11) is 0. The van der Waals surface area contributed by atoms with Gasteiger partial charge in [-0.1, -0.05) is 13.8 Å². The third-order valence-electron chi connectivity index (χ3n) is 2.97. The number of nitrogens with one attached hydrogen (secondary N) is 1. The minimum Gasteiger partial charge on any atom is -0.494 e. The molecule has 1 atom stereocenters. The summed E-state index contributed by atoms with van der Waals surface area (Å²) in [5, 5.41) is 2.85. The van der Waals surface area contributed by atoms with Gasteiger partial charge in [0, 0.05) is 18.2 Å². The van der Waals surface area contributed by atoms with Gasteiger partial charge in [-0.15, -0.1) is 0 Å². The van der Waals surface area contributed by atoms with Crippen molar-refractivity contribution in [1.82, 2.24) is 5.32 Å². The summed E-state index contributed by atoms with van der Waals surface area (Å²) in [5.41, 5.74) is 6.28. The van der Waals surface area contributed by atoms with E-state index in [4.69, 9.17) is 10.5 Å². The van der Waals surface area contributed by atoms with Gasteiger partial charge in [-0.3, -0.25) is 4.79 Å². The van der Waals surface area contributed by atoms with Crippen LogP contribution in [0.5, 0.6) is 5.75 Å². The molecule has 0 radical (unpaired) electrons. The smallest absolute Gasteiger partial charge is 0.251 e. The number of nitrogens with two attached hydrogens (primary N) is 1. The molecule has 4 heteroatoms. The number of ether oxygens (including phenoxy) is 1. The maximum absolute atomic E-state index is 11.8. The summed E-state index contributed by atoms with van der Waals surface area (Å²) in [5.74, 6) is 1.36. The number of carbonyl (C=O) groups excluding carboxylic acids is 1. The van der Waals surface area contributed by atoms with Crippen molar-refractivity contribution in [3.63, 3.8) is 0 Å². The summed E-state index contributed by atoms with van der Waals surface area (Å²) >= 11 is 0. The molecule has 0 aliphatic rings. The average Bonchev–Trinajstić information content (AvgIpc) is 2.38. The Labute approximate surface area is 121 Å². The Balaban J connectivity index is 2.39. The number of benzene rings is 1. The summed E-state index contributed by atoms with van der Waals surface area (Å²) in [6, 6.07) is 7.34. The number of rotatable bonds is 8. The van der Waals surface area contributed by atoms with Crippen LogP contribution in [0.1, 0.15) is 44.0 Å². The molecule has 112 valence electrons. The van der Waals surface area contributed by atoms with E-state index in [0.717, 1.165) is 18.6 Å². The number of amides is 1. The monoisotopic (exact) mass is 278 g/mol. The zero-order chi connectivity index (χ0) is 15.0. The van der Waals surface area contributed by atoms with Crippen molar-refractivity contribution in [1.29, 1.82) is 0 Å². The van der Waals surface area contributed by atoms with Crippen LogP contribution in [0.25, 0.3) is 0 Å². The molecule has 0 aromatic heterocycles. The molecule has 0 heterocycles. The van der Waals surface area contributed by atoms with Gasteiger partial charge in [0.25, 0.3) is 5.91 Å². The predicted molar refractivity (Wildman–Crippen MR) is 82.0 cm³/mol. The molecule has 0 saturated carbocycles. The molecule has 0 saturated heterocycles. The Morgan fingerprint density at radius 1 is 1.20 bits per heavy atom. The van der Waals surface area contributed by atoms with Crippen molar-refractivity contribution in [3.05, 3.63) is 29.8 Å². The normalized spacial score (nSPS) is 12.2. The molecule has 0 fully saturated rings. The second-order valence-electron chi connectivity index (χ2n) is 5.58. The van der Waals surface area contributed by atoms with Crippen molar-refractivity contribution < 1.29 is 9.53 Å². The highest BCUT2D eigenvalue weighted by Crippen LogP contribution is 2.13. The molecule has 0 spiro atoms. The molecule has 1 aromatic carbocycles.